The van der Waals surface area contributed by atoms with Crippen LogP contribution < -0.4 is 4.90 Å². The average molecular weight is 385 g/mol. The van der Waals surface area contributed by atoms with Crippen molar-refractivity contribution in [2.24, 2.45) is 0 Å². The average Bonchev–Trinajstić information content (AvgIpc) is 2.98. The second kappa shape index (κ2) is 8.22. The molecule has 148 valence electrons. The maximum absolute atomic E-state index is 13.3. The number of alkyl halides is 3. The zero-order valence-corrected chi connectivity index (χ0v) is 15.2. The van der Waals surface area contributed by atoms with Gasteiger partial charge in [-0.05, 0) is 25.5 Å². The van der Waals surface area contributed by atoms with Crippen LogP contribution in [-0.2, 0) is 17.5 Å². The topological polar surface area (TPSA) is 67.5 Å². The number of rotatable bonds is 5. The highest BCUT2D eigenvalue weighted by molar-refractivity contribution is 5.48. The van der Waals surface area contributed by atoms with E-state index in [0.29, 0.717) is 44.3 Å². The number of hydrogen-bond donors (Lipinski definition) is 0. The molecule has 1 atom stereocenters. The van der Waals surface area contributed by atoms with Crippen LogP contribution in [0.5, 0.6) is 0 Å². The van der Waals surface area contributed by atoms with Crippen LogP contribution in [0.15, 0.2) is 22.9 Å². The van der Waals surface area contributed by atoms with Gasteiger partial charge in [-0.15, -0.1) is 0 Å². The number of ether oxygens (including phenoxy) is 1. The Bertz CT molecular complexity index is 752. The minimum Gasteiger partial charge on any atom is -0.374 e. The van der Waals surface area contributed by atoms with Gasteiger partial charge in [-0.25, -0.2) is 4.98 Å². The largest absolute Gasteiger partial charge is 0.419 e. The lowest BCUT2D eigenvalue weighted by Gasteiger charge is -2.25. The predicted molar refractivity (Wildman–Crippen MR) is 91.1 cm³/mol. The summed E-state index contributed by atoms with van der Waals surface area (Å²) in [5.41, 5.74) is -0.700. The fourth-order valence-electron chi connectivity index (χ4n) is 3.01. The van der Waals surface area contributed by atoms with Crippen LogP contribution in [0.2, 0.25) is 0 Å². The van der Waals surface area contributed by atoms with Crippen molar-refractivity contribution in [1.29, 1.82) is 0 Å². The van der Waals surface area contributed by atoms with Crippen LogP contribution in [0.1, 0.15) is 36.7 Å². The molecule has 27 heavy (non-hydrogen) atoms. The molecule has 0 saturated carbocycles. The number of halogens is 3. The van der Waals surface area contributed by atoms with Crippen molar-refractivity contribution in [3.05, 3.63) is 35.6 Å². The van der Waals surface area contributed by atoms with Crippen molar-refractivity contribution < 1.29 is 22.4 Å². The second-order valence-corrected chi connectivity index (χ2v) is 6.41. The van der Waals surface area contributed by atoms with Gasteiger partial charge >= 0.3 is 6.18 Å². The van der Waals surface area contributed by atoms with Crippen LogP contribution in [0, 0.1) is 0 Å². The molecular weight excluding hydrogens is 363 g/mol. The molecular formula is C17H22F3N5O2. The smallest absolute Gasteiger partial charge is 0.374 e. The third-order valence-electron chi connectivity index (χ3n) is 4.54. The minimum atomic E-state index is -4.42. The van der Waals surface area contributed by atoms with Crippen molar-refractivity contribution in [1.82, 2.24) is 20.0 Å². The van der Waals surface area contributed by atoms with Gasteiger partial charge in [0.15, 0.2) is 5.82 Å². The first-order valence-corrected chi connectivity index (χ1v) is 8.73. The summed E-state index contributed by atoms with van der Waals surface area (Å²) in [7, 11) is 1.57. The van der Waals surface area contributed by atoms with Crippen LogP contribution in [-0.4, -0.2) is 53.3 Å². The molecule has 0 aliphatic carbocycles. The van der Waals surface area contributed by atoms with Crippen LogP contribution >= 0.6 is 0 Å². The highest BCUT2D eigenvalue weighted by Crippen LogP contribution is 2.35. The summed E-state index contributed by atoms with van der Waals surface area (Å²) in [6.07, 6.45) is -2.58. The summed E-state index contributed by atoms with van der Waals surface area (Å²) in [6, 6.07) is 2.38. The van der Waals surface area contributed by atoms with Gasteiger partial charge in [0.2, 0.25) is 5.89 Å². The Morgan fingerprint density at radius 2 is 2.07 bits per heavy atom. The van der Waals surface area contributed by atoms with Crippen molar-refractivity contribution in [2.75, 3.05) is 38.2 Å². The molecule has 0 spiro atoms. The van der Waals surface area contributed by atoms with Gasteiger partial charge in [0.25, 0.3) is 0 Å². The highest BCUT2D eigenvalue weighted by atomic mass is 19.4. The van der Waals surface area contributed by atoms with Gasteiger partial charge in [0.1, 0.15) is 11.9 Å². The van der Waals surface area contributed by atoms with Crippen molar-refractivity contribution in [3.8, 4) is 0 Å². The molecule has 3 rings (SSSR count). The number of methoxy groups -OCH3 is 1. The first-order chi connectivity index (χ1) is 12.9. The number of nitrogens with zero attached hydrogens (tertiary/aromatic N) is 5. The first kappa shape index (κ1) is 19.6. The van der Waals surface area contributed by atoms with E-state index in [2.05, 4.69) is 20.0 Å². The molecule has 1 saturated heterocycles. The summed E-state index contributed by atoms with van der Waals surface area (Å²) in [4.78, 5) is 12.1. The molecule has 1 fully saturated rings. The Morgan fingerprint density at radius 3 is 2.81 bits per heavy atom. The summed E-state index contributed by atoms with van der Waals surface area (Å²) < 4.78 is 50.2. The van der Waals surface area contributed by atoms with Crippen molar-refractivity contribution in [3.63, 3.8) is 0 Å². The van der Waals surface area contributed by atoms with E-state index >= 15 is 0 Å². The van der Waals surface area contributed by atoms with E-state index in [9.17, 15) is 13.2 Å². The monoisotopic (exact) mass is 385 g/mol. The van der Waals surface area contributed by atoms with Crippen molar-refractivity contribution >= 4 is 5.82 Å². The van der Waals surface area contributed by atoms with Crippen LogP contribution in [0.25, 0.3) is 0 Å². The summed E-state index contributed by atoms with van der Waals surface area (Å²) >= 11 is 0. The Labute approximate surface area is 155 Å². The zero-order valence-electron chi connectivity index (χ0n) is 15.2. The standard InChI is InChI=1S/C17H22F3N5O2/c1-12(26-2)15-22-14(27-23-15)11-24-7-4-8-25(10-9-24)16-13(17(18,19)20)5-3-6-21-16/h3,5-6,12H,4,7-11H2,1-2H3. The second-order valence-electron chi connectivity index (χ2n) is 6.41. The van der Waals surface area contributed by atoms with Crippen LogP contribution in [0.3, 0.4) is 0 Å². The molecule has 3 heterocycles. The summed E-state index contributed by atoms with van der Waals surface area (Å²) in [5.74, 6) is 0.935. The van der Waals surface area contributed by atoms with E-state index in [4.69, 9.17) is 9.26 Å². The van der Waals surface area contributed by atoms with Gasteiger partial charge < -0.3 is 14.2 Å². The maximum Gasteiger partial charge on any atom is 0.419 e. The fourth-order valence-corrected chi connectivity index (χ4v) is 3.01. The molecule has 1 aliphatic heterocycles. The van der Waals surface area contributed by atoms with Gasteiger partial charge in [-0.3, -0.25) is 4.90 Å². The number of hydrogen-bond acceptors (Lipinski definition) is 7. The third-order valence-corrected chi connectivity index (χ3v) is 4.54. The molecule has 0 amide bonds. The van der Waals surface area contributed by atoms with Gasteiger partial charge in [0.05, 0.1) is 12.1 Å². The van der Waals surface area contributed by atoms with E-state index in [1.54, 1.807) is 12.0 Å². The van der Waals surface area contributed by atoms with Crippen molar-refractivity contribution in [2.45, 2.75) is 32.2 Å². The molecule has 2 aromatic heterocycles. The summed E-state index contributed by atoms with van der Waals surface area (Å²) in [6.45, 7) is 4.52. The Balaban J connectivity index is 1.65. The molecule has 2 aromatic rings. The van der Waals surface area contributed by atoms with E-state index in [1.807, 2.05) is 6.92 Å². The fraction of sp³-hybridized carbons (Fsp3) is 0.588. The lowest BCUT2D eigenvalue weighted by atomic mass is 10.2. The quantitative estimate of drug-likeness (QED) is 0.784. The van der Waals surface area contributed by atoms with Gasteiger partial charge in [-0.2, -0.15) is 18.2 Å². The molecule has 10 heteroatoms. The van der Waals surface area contributed by atoms with E-state index in [1.165, 1.54) is 12.3 Å². The molecule has 7 nitrogen and oxygen atoms in total. The molecule has 0 N–H and O–H groups in total. The predicted octanol–water partition coefficient (Wildman–Crippen LogP) is 2.90. The minimum absolute atomic E-state index is 0.0131. The molecule has 0 radical (unpaired) electrons. The molecule has 1 unspecified atom stereocenters. The Morgan fingerprint density at radius 1 is 1.26 bits per heavy atom. The van der Waals surface area contributed by atoms with E-state index < -0.39 is 11.7 Å². The Kier molecular flexibility index (Phi) is 5.95. The maximum atomic E-state index is 13.3. The van der Waals surface area contributed by atoms with Gasteiger partial charge in [0, 0.05) is 39.5 Å². The molecule has 1 aliphatic rings. The first-order valence-electron chi connectivity index (χ1n) is 8.73. The normalized spacial score (nSPS) is 17.7. The SMILES string of the molecule is COC(C)c1noc(CN2CCCN(c3ncccc3C(F)(F)F)CC2)n1. The lowest BCUT2D eigenvalue weighted by molar-refractivity contribution is -0.137. The lowest BCUT2D eigenvalue weighted by Crippen LogP contribution is -2.32. The number of aromatic nitrogens is 3. The third kappa shape index (κ3) is 4.75. The van der Waals surface area contributed by atoms with E-state index in [0.717, 1.165) is 12.6 Å². The highest BCUT2D eigenvalue weighted by Gasteiger charge is 2.36. The number of anilines is 1. The molecule has 0 bridgehead atoms. The number of pyridine rings is 1. The van der Waals surface area contributed by atoms with E-state index in [-0.39, 0.29) is 11.9 Å². The zero-order chi connectivity index (χ0) is 19.4. The summed E-state index contributed by atoms with van der Waals surface area (Å²) in [5, 5.41) is 3.89. The molecule has 0 aromatic carbocycles. The Hall–Kier alpha value is -2.20. The van der Waals surface area contributed by atoms with Gasteiger partial charge in [-0.1, -0.05) is 5.16 Å². The van der Waals surface area contributed by atoms with Crippen LogP contribution in [0.4, 0.5) is 19.0 Å².